The number of fused-ring (bicyclic) bond motifs is 1. The summed E-state index contributed by atoms with van der Waals surface area (Å²) in [6, 6.07) is 20.6. The molecule has 0 aliphatic carbocycles. The van der Waals surface area contributed by atoms with Gasteiger partial charge in [-0.25, -0.2) is 0 Å². The molecule has 1 atom stereocenters. The van der Waals surface area contributed by atoms with Gasteiger partial charge in [0, 0.05) is 54.6 Å². The van der Waals surface area contributed by atoms with E-state index in [0.29, 0.717) is 12.1 Å². The van der Waals surface area contributed by atoms with Crippen LogP contribution in [0.2, 0.25) is 0 Å². The number of nitrogens with zero attached hydrogens (tertiary/aromatic N) is 1. The Kier molecular flexibility index (Phi) is 5.46. The summed E-state index contributed by atoms with van der Waals surface area (Å²) < 4.78 is 5.23. The third-order valence-corrected chi connectivity index (χ3v) is 5.51. The zero-order chi connectivity index (χ0) is 18.6. The van der Waals surface area contributed by atoms with E-state index in [1.165, 1.54) is 40.7 Å². The number of methoxy groups -OCH3 is 1. The highest BCUT2D eigenvalue weighted by atomic mass is 16.5. The molecule has 0 saturated carbocycles. The van der Waals surface area contributed by atoms with Gasteiger partial charge in [0.15, 0.2) is 0 Å². The Bertz CT molecular complexity index is 830. The average Bonchev–Trinajstić information content (AvgIpc) is 3.13. The van der Waals surface area contributed by atoms with Crippen LogP contribution in [0.3, 0.4) is 0 Å². The van der Waals surface area contributed by atoms with Crippen LogP contribution in [0.4, 0.5) is 5.69 Å². The molecular formula is C23H29N3O. The number of H-pyrrole nitrogens is 1. The van der Waals surface area contributed by atoms with Gasteiger partial charge in [0.1, 0.15) is 0 Å². The van der Waals surface area contributed by atoms with E-state index in [1.807, 2.05) is 0 Å². The van der Waals surface area contributed by atoms with Crippen molar-refractivity contribution in [3.05, 3.63) is 54.6 Å². The number of hydrogen-bond donors (Lipinski definition) is 2. The number of benzene rings is 2. The van der Waals surface area contributed by atoms with Crippen LogP contribution < -0.4 is 10.2 Å². The predicted molar refractivity (Wildman–Crippen MR) is 113 cm³/mol. The Morgan fingerprint density at radius 1 is 1.11 bits per heavy atom. The van der Waals surface area contributed by atoms with Gasteiger partial charge in [-0.3, -0.25) is 0 Å². The normalized spacial score (nSPS) is 16.7. The monoisotopic (exact) mass is 363 g/mol. The maximum atomic E-state index is 5.23. The Labute approximate surface area is 161 Å². The molecule has 27 heavy (non-hydrogen) atoms. The van der Waals surface area contributed by atoms with Crippen molar-refractivity contribution < 1.29 is 4.74 Å². The number of nitrogens with one attached hydrogen (secondary N) is 2. The van der Waals surface area contributed by atoms with Crippen molar-refractivity contribution in [2.75, 3.05) is 31.7 Å². The van der Waals surface area contributed by atoms with Crippen molar-refractivity contribution in [3.63, 3.8) is 0 Å². The summed E-state index contributed by atoms with van der Waals surface area (Å²) in [5, 5.41) is 4.94. The van der Waals surface area contributed by atoms with E-state index >= 15 is 0 Å². The second-order valence-corrected chi connectivity index (χ2v) is 7.60. The minimum atomic E-state index is 0.419. The summed E-state index contributed by atoms with van der Waals surface area (Å²) in [6.45, 7) is 5.17. The molecule has 4 rings (SSSR count). The average molecular weight is 364 g/mol. The summed E-state index contributed by atoms with van der Waals surface area (Å²) in [4.78, 5) is 6.01. The standard InChI is InChI=1S/C23H29N3O/c1-17(16-27-2)24-20-11-13-26(14-12-20)21-9-7-18(8-10-21)23-15-19-5-3-4-6-22(19)25-23/h3-10,15,17,20,24-25H,11-14,16H2,1-2H3/t17-/m0/s1. The van der Waals surface area contributed by atoms with Gasteiger partial charge in [-0.1, -0.05) is 30.3 Å². The molecule has 1 aliphatic rings. The number of piperidine rings is 1. The highest BCUT2D eigenvalue weighted by Gasteiger charge is 2.20. The number of hydrogen-bond acceptors (Lipinski definition) is 3. The lowest BCUT2D eigenvalue weighted by Crippen LogP contribution is -2.46. The molecule has 1 aliphatic heterocycles. The Morgan fingerprint density at radius 2 is 1.85 bits per heavy atom. The molecule has 2 N–H and O–H groups in total. The van der Waals surface area contributed by atoms with E-state index in [0.717, 1.165) is 19.7 Å². The SMILES string of the molecule is COC[C@H](C)NC1CCN(c2ccc(-c3cc4ccccc4[nH]3)cc2)CC1. The van der Waals surface area contributed by atoms with Crippen LogP contribution in [0.5, 0.6) is 0 Å². The van der Waals surface area contributed by atoms with Gasteiger partial charge in [-0.05, 0) is 49.6 Å². The van der Waals surface area contributed by atoms with Gasteiger partial charge >= 0.3 is 0 Å². The van der Waals surface area contributed by atoms with Crippen LogP contribution in [0.25, 0.3) is 22.2 Å². The van der Waals surface area contributed by atoms with Crippen molar-refractivity contribution >= 4 is 16.6 Å². The van der Waals surface area contributed by atoms with Gasteiger partial charge in [-0.2, -0.15) is 0 Å². The smallest absolute Gasteiger partial charge is 0.0613 e. The molecule has 1 saturated heterocycles. The summed E-state index contributed by atoms with van der Waals surface area (Å²) >= 11 is 0. The number of para-hydroxylation sites is 1. The highest BCUT2D eigenvalue weighted by Crippen LogP contribution is 2.27. The topological polar surface area (TPSA) is 40.3 Å². The quantitative estimate of drug-likeness (QED) is 0.681. The molecule has 0 unspecified atom stereocenters. The molecule has 2 heterocycles. The molecule has 0 amide bonds. The molecular weight excluding hydrogens is 334 g/mol. The van der Waals surface area contributed by atoms with Gasteiger partial charge < -0.3 is 19.9 Å². The summed E-state index contributed by atoms with van der Waals surface area (Å²) in [6.07, 6.45) is 2.36. The van der Waals surface area contributed by atoms with Crippen LogP contribution in [-0.4, -0.2) is 43.9 Å². The van der Waals surface area contributed by atoms with Gasteiger partial charge in [0.25, 0.3) is 0 Å². The molecule has 4 nitrogen and oxygen atoms in total. The summed E-state index contributed by atoms with van der Waals surface area (Å²) in [5.41, 5.74) is 4.92. The summed E-state index contributed by atoms with van der Waals surface area (Å²) in [7, 11) is 1.76. The molecule has 4 heteroatoms. The summed E-state index contributed by atoms with van der Waals surface area (Å²) in [5.74, 6) is 0. The molecule has 0 bridgehead atoms. The van der Waals surface area contributed by atoms with E-state index in [-0.39, 0.29) is 0 Å². The van der Waals surface area contributed by atoms with Gasteiger partial charge in [0.05, 0.1) is 6.61 Å². The molecule has 2 aromatic carbocycles. The van der Waals surface area contributed by atoms with Crippen LogP contribution in [0, 0.1) is 0 Å². The Hall–Kier alpha value is -2.30. The Morgan fingerprint density at radius 3 is 2.56 bits per heavy atom. The number of aromatic amines is 1. The molecule has 1 fully saturated rings. The third kappa shape index (κ3) is 4.18. The fourth-order valence-corrected chi connectivity index (χ4v) is 4.09. The zero-order valence-electron chi connectivity index (χ0n) is 16.2. The lowest BCUT2D eigenvalue weighted by atomic mass is 10.0. The first kappa shape index (κ1) is 18.1. The predicted octanol–water partition coefficient (Wildman–Crippen LogP) is 4.43. The maximum Gasteiger partial charge on any atom is 0.0613 e. The lowest BCUT2D eigenvalue weighted by Gasteiger charge is -2.35. The fourth-order valence-electron chi connectivity index (χ4n) is 4.09. The van der Waals surface area contributed by atoms with Gasteiger partial charge in [-0.15, -0.1) is 0 Å². The largest absolute Gasteiger partial charge is 0.383 e. The van der Waals surface area contributed by atoms with E-state index in [4.69, 9.17) is 4.74 Å². The van der Waals surface area contributed by atoms with Crippen LogP contribution in [0.1, 0.15) is 19.8 Å². The van der Waals surface area contributed by atoms with Crippen molar-refractivity contribution in [3.8, 4) is 11.3 Å². The van der Waals surface area contributed by atoms with Gasteiger partial charge in [0.2, 0.25) is 0 Å². The first-order valence-electron chi connectivity index (χ1n) is 9.91. The van der Waals surface area contributed by atoms with E-state index in [1.54, 1.807) is 7.11 Å². The minimum absolute atomic E-state index is 0.419. The highest BCUT2D eigenvalue weighted by molar-refractivity contribution is 5.85. The molecule has 3 aromatic rings. The number of aromatic nitrogens is 1. The van der Waals surface area contributed by atoms with E-state index in [9.17, 15) is 0 Å². The first-order valence-corrected chi connectivity index (χ1v) is 9.91. The van der Waals surface area contributed by atoms with Crippen LogP contribution in [0.15, 0.2) is 54.6 Å². The Balaban J connectivity index is 1.38. The first-order chi connectivity index (χ1) is 13.2. The van der Waals surface area contributed by atoms with Crippen molar-refractivity contribution in [2.45, 2.75) is 31.8 Å². The van der Waals surface area contributed by atoms with Crippen LogP contribution in [-0.2, 0) is 4.74 Å². The van der Waals surface area contributed by atoms with Crippen LogP contribution >= 0.6 is 0 Å². The molecule has 0 radical (unpaired) electrons. The van der Waals surface area contributed by atoms with E-state index in [2.05, 4.69) is 76.7 Å². The minimum Gasteiger partial charge on any atom is -0.383 e. The molecule has 0 spiro atoms. The van der Waals surface area contributed by atoms with Crippen molar-refractivity contribution in [1.82, 2.24) is 10.3 Å². The maximum absolute atomic E-state index is 5.23. The number of rotatable bonds is 6. The van der Waals surface area contributed by atoms with Crippen molar-refractivity contribution in [1.29, 1.82) is 0 Å². The molecule has 1 aromatic heterocycles. The lowest BCUT2D eigenvalue weighted by molar-refractivity contribution is 0.163. The number of anilines is 1. The number of ether oxygens (including phenoxy) is 1. The second kappa shape index (κ2) is 8.15. The third-order valence-electron chi connectivity index (χ3n) is 5.51. The second-order valence-electron chi connectivity index (χ2n) is 7.60. The van der Waals surface area contributed by atoms with Crippen molar-refractivity contribution in [2.24, 2.45) is 0 Å². The molecule has 142 valence electrons. The zero-order valence-corrected chi connectivity index (χ0v) is 16.2. The van der Waals surface area contributed by atoms with E-state index < -0.39 is 0 Å². The fraction of sp³-hybridized carbons (Fsp3) is 0.391.